The third-order valence-electron chi connectivity index (χ3n) is 2.53. The molecule has 1 saturated heterocycles. The Balaban J connectivity index is 2.38. The molecule has 0 aromatic heterocycles. The van der Waals surface area contributed by atoms with Gasteiger partial charge in [-0.05, 0) is 13.3 Å². The van der Waals surface area contributed by atoms with Crippen LogP contribution in [0.5, 0.6) is 0 Å². The number of nitrogens with two attached hydrogens (primary N) is 1. The Morgan fingerprint density at radius 1 is 1.60 bits per heavy atom. The van der Waals surface area contributed by atoms with Crippen LogP contribution in [0.2, 0.25) is 0 Å². The van der Waals surface area contributed by atoms with Crippen molar-refractivity contribution in [2.45, 2.75) is 31.5 Å². The first-order valence-corrected chi connectivity index (χ1v) is 4.90. The number of methoxy groups -OCH3 is 1. The third kappa shape index (κ3) is 3.17. The van der Waals surface area contributed by atoms with E-state index in [-0.39, 0.29) is 18.1 Å². The van der Waals surface area contributed by atoms with Crippen LogP contribution < -0.4 is 16.4 Å². The Hall–Kier alpha value is -1.14. The summed E-state index contributed by atoms with van der Waals surface area (Å²) >= 11 is 0. The number of nitrogens with one attached hydrogen (secondary N) is 2. The van der Waals surface area contributed by atoms with Crippen molar-refractivity contribution in [1.82, 2.24) is 10.6 Å². The maximum atomic E-state index is 11.6. The van der Waals surface area contributed by atoms with Crippen LogP contribution in [0.3, 0.4) is 0 Å². The van der Waals surface area contributed by atoms with Crippen LogP contribution in [0.15, 0.2) is 0 Å². The van der Waals surface area contributed by atoms with Gasteiger partial charge in [-0.1, -0.05) is 0 Å². The largest absolute Gasteiger partial charge is 0.380 e. The molecule has 1 rings (SSSR count). The zero-order chi connectivity index (χ0) is 11.4. The fraction of sp³-hybridized carbons (Fsp3) is 0.778. The van der Waals surface area contributed by atoms with E-state index in [0.29, 0.717) is 13.0 Å². The molecule has 6 nitrogen and oxygen atoms in total. The lowest BCUT2D eigenvalue weighted by Gasteiger charge is -2.14. The van der Waals surface area contributed by atoms with Crippen molar-refractivity contribution in [1.29, 1.82) is 0 Å². The minimum absolute atomic E-state index is 0.0598. The van der Waals surface area contributed by atoms with Crippen LogP contribution in [-0.4, -0.2) is 43.7 Å². The number of hydrogen-bond donors (Lipinski definition) is 3. The van der Waals surface area contributed by atoms with E-state index in [4.69, 9.17) is 10.5 Å². The molecule has 0 aliphatic carbocycles. The SMILES string of the molecule is COC1CNC(C(=O)NC(C)C(N)=O)C1. The van der Waals surface area contributed by atoms with Gasteiger partial charge in [0.2, 0.25) is 11.8 Å². The molecule has 0 saturated carbocycles. The molecule has 86 valence electrons. The van der Waals surface area contributed by atoms with Gasteiger partial charge in [0.15, 0.2) is 0 Å². The predicted molar refractivity (Wildman–Crippen MR) is 54.0 cm³/mol. The van der Waals surface area contributed by atoms with E-state index in [1.54, 1.807) is 14.0 Å². The molecule has 3 unspecified atom stereocenters. The highest BCUT2D eigenvalue weighted by atomic mass is 16.5. The molecule has 4 N–H and O–H groups in total. The average molecular weight is 215 g/mol. The van der Waals surface area contributed by atoms with Gasteiger partial charge in [0.05, 0.1) is 12.1 Å². The summed E-state index contributed by atoms with van der Waals surface area (Å²) in [5, 5.41) is 5.55. The molecular formula is C9H17N3O3. The Kier molecular flexibility index (Phi) is 4.05. The summed E-state index contributed by atoms with van der Waals surface area (Å²) < 4.78 is 5.11. The van der Waals surface area contributed by atoms with Gasteiger partial charge in [0.1, 0.15) is 6.04 Å². The average Bonchev–Trinajstić information content (AvgIpc) is 2.65. The van der Waals surface area contributed by atoms with E-state index in [1.807, 2.05) is 0 Å². The van der Waals surface area contributed by atoms with Crippen LogP contribution in [-0.2, 0) is 14.3 Å². The Morgan fingerprint density at radius 2 is 2.27 bits per heavy atom. The van der Waals surface area contributed by atoms with Crippen molar-refractivity contribution in [2.75, 3.05) is 13.7 Å². The zero-order valence-corrected chi connectivity index (χ0v) is 8.95. The smallest absolute Gasteiger partial charge is 0.239 e. The topological polar surface area (TPSA) is 93.4 Å². The maximum Gasteiger partial charge on any atom is 0.239 e. The minimum Gasteiger partial charge on any atom is -0.380 e. The lowest BCUT2D eigenvalue weighted by molar-refractivity contribution is -0.128. The van der Waals surface area contributed by atoms with Crippen molar-refractivity contribution < 1.29 is 14.3 Å². The number of rotatable bonds is 4. The molecule has 0 aromatic carbocycles. The van der Waals surface area contributed by atoms with Gasteiger partial charge in [0.25, 0.3) is 0 Å². The summed E-state index contributed by atoms with van der Waals surface area (Å²) in [5.41, 5.74) is 5.04. The van der Waals surface area contributed by atoms with E-state index in [2.05, 4.69) is 10.6 Å². The normalized spacial score (nSPS) is 27.3. The van der Waals surface area contributed by atoms with E-state index in [0.717, 1.165) is 0 Å². The molecule has 6 heteroatoms. The monoisotopic (exact) mass is 215 g/mol. The van der Waals surface area contributed by atoms with E-state index in [9.17, 15) is 9.59 Å². The van der Waals surface area contributed by atoms with Crippen LogP contribution in [0.4, 0.5) is 0 Å². The first-order chi connectivity index (χ1) is 7.04. The van der Waals surface area contributed by atoms with Gasteiger partial charge < -0.3 is 21.1 Å². The first kappa shape index (κ1) is 11.9. The summed E-state index contributed by atoms with van der Waals surface area (Å²) in [6, 6.07) is -0.933. The summed E-state index contributed by atoms with van der Waals surface area (Å²) in [6.07, 6.45) is 0.679. The Labute approximate surface area is 88.5 Å². The molecular weight excluding hydrogens is 198 g/mol. The van der Waals surface area contributed by atoms with E-state index in [1.165, 1.54) is 0 Å². The molecule has 1 aliphatic rings. The molecule has 0 aromatic rings. The van der Waals surface area contributed by atoms with Gasteiger partial charge in [-0.3, -0.25) is 9.59 Å². The predicted octanol–water partition coefficient (Wildman–Crippen LogP) is -1.65. The van der Waals surface area contributed by atoms with Gasteiger partial charge in [-0.15, -0.1) is 0 Å². The number of carbonyl (C=O) groups is 2. The molecule has 1 aliphatic heterocycles. The molecule has 0 bridgehead atoms. The number of hydrogen-bond acceptors (Lipinski definition) is 4. The Morgan fingerprint density at radius 3 is 2.73 bits per heavy atom. The molecule has 2 amide bonds. The summed E-state index contributed by atoms with van der Waals surface area (Å²) in [7, 11) is 1.61. The molecule has 1 fully saturated rings. The minimum atomic E-state index is -0.638. The maximum absolute atomic E-state index is 11.6. The van der Waals surface area contributed by atoms with Crippen molar-refractivity contribution >= 4 is 11.8 Å². The second-order valence-corrected chi connectivity index (χ2v) is 3.69. The molecule has 0 spiro atoms. The fourth-order valence-electron chi connectivity index (χ4n) is 1.47. The summed E-state index contributed by atoms with van der Waals surface area (Å²) in [6.45, 7) is 2.21. The van der Waals surface area contributed by atoms with Crippen molar-refractivity contribution in [3.8, 4) is 0 Å². The number of amides is 2. The second-order valence-electron chi connectivity index (χ2n) is 3.69. The molecule has 3 atom stereocenters. The number of carbonyl (C=O) groups excluding carboxylic acids is 2. The summed E-state index contributed by atoms with van der Waals surface area (Å²) in [5.74, 6) is -0.745. The van der Waals surface area contributed by atoms with E-state index >= 15 is 0 Å². The van der Waals surface area contributed by atoms with Crippen LogP contribution >= 0.6 is 0 Å². The van der Waals surface area contributed by atoms with Crippen molar-refractivity contribution in [3.63, 3.8) is 0 Å². The molecule has 15 heavy (non-hydrogen) atoms. The van der Waals surface area contributed by atoms with Crippen molar-refractivity contribution in [2.24, 2.45) is 5.73 Å². The van der Waals surface area contributed by atoms with Gasteiger partial charge in [-0.2, -0.15) is 0 Å². The summed E-state index contributed by atoms with van der Waals surface area (Å²) in [4.78, 5) is 22.3. The first-order valence-electron chi connectivity index (χ1n) is 4.90. The van der Waals surface area contributed by atoms with Gasteiger partial charge >= 0.3 is 0 Å². The van der Waals surface area contributed by atoms with Crippen LogP contribution in [0.25, 0.3) is 0 Å². The zero-order valence-electron chi connectivity index (χ0n) is 8.95. The fourth-order valence-corrected chi connectivity index (χ4v) is 1.47. The molecule has 1 heterocycles. The number of ether oxygens (including phenoxy) is 1. The Bertz CT molecular complexity index is 257. The van der Waals surface area contributed by atoms with Gasteiger partial charge in [-0.25, -0.2) is 0 Å². The van der Waals surface area contributed by atoms with Crippen LogP contribution in [0.1, 0.15) is 13.3 Å². The van der Waals surface area contributed by atoms with Crippen molar-refractivity contribution in [3.05, 3.63) is 0 Å². The van der Waals surface area contributed by atoms with E-state index < -0.39 is 11.9 Å². The lowest BCUT2D eigenvalue weighted by Crippen LogP contribution is -2.48. The quantitative estimate of drug-likeness (QED) is 0.524. The highest BCUT2D eigenvalue weighted by Gasteiger charge is 2.30. The highest BCUT2D eigenvalue weighted by molar-refractivity contribution is 5.88. The standard InChI is InChI=1S/C9H17N3O3/c1-5(8(10)13)12-9(14)7-3-6(15-2)4-11-7/h5-7,11H,3-4H2,1-2H3,(H2,10,13)(H,12,14). The second kappa shape index (κ2) is 5.09. The lowest BCUT2D eigenvalue weighted by atomic mass is 10.2. The highest BCUT2D eigenvalue weighted by Crippen LogP contribution is 2.09. The van der Waals surface area contributed by atoms with Crippen LogP contribution in [0, 0.1) is 0 Å². The number of primary amides is 1. The van der Waals surface area contributed by atoms with Gasteiger partial charge in [0, 0.05) is 13.7 Å². The third-order valence-corrected chi connectivity index (χ3v) is 2.53. The molecule has 0 radical (unpaired) electrons.